The highest BCUT2D eigenvalue weighted by atomic mass is 19.1. The molecule has 6 nitrogen and oxygen atoms in total. The molecule has 3 aromatic carbocycles. The molecule has 0 bridgehead atoms. The van der Waals surface area contributed by atoms with E-state index in [4.69, 9.17) is 4.52 Å². The van der Waals surface area contributed by atoms with Crippen molar-refractivity contribution in [2.45, 2.75) is 27.7 Å². The van der Waals surface area contributed by atoms with Gasteiger partial charge in [-0.3, -0.25) is 4.79 Å². The summed E-state index contributed by atoms with van der Waals surface area (Å²) in [7, 11) is 0. The number of aromatic nitrogens is 2. The molecule has 0 aliphatic carbocycles. The van der Waals surface area contributed by atoms with Gasteiger partial charge in [0.05, 0.1) is 0 Å². The van der Waals surface area contributed by atoms with Crippen molar-refractivity contribution < 1.29 is 13.7 Å². The van der Waals surface area contributed by atoms with E-state index in [0.29, 0.717) is 23.0 Å². The molecule has 0 atom stereocenters. The number of nitrogens with zero attached hydrogens (tertiary/aromatic N) is 3. The number of hydrogen-bond donors (Lipinski definition) is 1. The Balaban J connectivity index is 1.60. The zero-order valence-electron chi connectivity index (χ0n) is 19.5. The Morgan fingerprint density at radius 2 is 1.74 bits per heavy atom. The summed E-state index contributed by atoms with van der Waals surface area (Å²) in [5.41, 5.74) is 5.55. The summed E-state index contributed by atoms with van der Waals surface area (Å²) in [6.07, 6.45) is 1.97. The van der Waals surface area contributed by atoms with Gasteiger partial charge in [-0.05, 0) is 87.0 Å². The molecule has 1 N–H and O–H groups in total. The normalized spacial score (nSPS) is 11.4. The Labute approximate surface area is 197 Å². The van der Waals surface area contributed by atoms with E-state index < -0.39 is 0 Å². The van der Waals surface area contributed by atoms with Gasteiger partial charge >= 0.3 is 0 Å². The van der Waals surface area contributed by atoms with Crippen LogP contribution in [0.2, 0.25) is 0 Å². The number of aryl methyl sites for hydroxylation is 2. The van der Waals surface area contributed by atoms with Crippen molar-refractivity contribution in [2.24, 2.45) is 0 Å². The van der Waals surface area contributed by atoms with Gasteiger partial charge in [0, 0.05) is 40.8 Å². The number of hydrogen-bond acceptors (Lipinski definition) is 5. The molecule has 0 aliphatic rings. The highest BCUT2D eigenvalue weighted by Gasteiger charge is 2.17. The van der Waals surface area contributed by atoms with Crippen molar-refractivity contribution in [3.8, 4) is 11.4 Å². The van der Waals surface area contributed by atoms with Crippen LogP contribution >= 0.6 is 0 Å². The zero-order valence-corrected chi connectivity index (χ0v) is 19.5. The molecule has 172 valence electrons. The first-order valence-electron chi connectivity index (χ1n) is 10.9. The molecule has 0 fully saturated rings. The molecule has 0 radical (unpaired) electrons. The van der Waals surface area contributed by atoms with Gasteiger partial charge in [0.25, 0.3) is 5.91 Å². The molecule has 7 heteroatoms. The fourth-order valence-corrected chi connectivity index (χ4v) is 3.57. The van der Waals surface area contributed by atoms with Gasteiger partial charge in [-0.25, -0.2) is 4.39 Å². The smallest absolute Gasteiger partial charge is 0.255 e. The van der Waals surface area contributed by atoms with Gasteiger partial charge in [-0.1, -0.05) is 17.3 Å². The quantitative estimate of drug-likeness (QED) is 0.345. The lowest BCUT2D eigenvalue weighted by Crippen LogP contribution is -2.17. The van der Waals surface area contributed by atoms with Crippen LogP contribution in [0.15, 0.2) is 83.0 Å². The van der Waals surface area contributed by atoms with Crippen LogP contribution in [-0.2, 0) is 0 Å². The second-order valence-corrected chi connectivity index (χ2v) is 7.91. The van der Waals surface area contributed by atoms with Gasteiger partial charge < -0.3 is 14.7 Å². The van der Waals surface area contributed by atoms with Crippen molar-refractivity contribution >= 4 is 23.0 Å². The molecule has 34 heavy (non-hydrogen) atoms. The van der Waals surface area contributed by atoms with Crippen LogP contribution < -0.4 is 10.2 Å². The van der Waals surface area contributed by atoms with E-state index in [-0.39, 0.29) is 11.7 Å². The molecule has 0 saturated carbocycles. The van der Waals surface area contributed by atoms with Gasteiger partial charge in [0.15, 0.2) is 0 Å². The second-order valence-electron chi connectivity index (χ2n) is 7.91. The first kappa shape index (κ1) is 22.9. The number of nitrogens with one attached hydrogen (secondary N) is 1. The van der Waals surface area contributed by atoms with Gasteiger partial charge in [-0.2, -0.15) is 4.98 Å². The average Bonchev–Trinajstić information content (AvgIpc) is 3.28. The maximum atomic E-state index is 13.5. The molecule has 4 aromatic rings. The minimum atomic E-state index is -0.299. The van der Waals surface area contributed by atoms with Crippen LogP contribution in [0.5, 0.6) is 0 Å². The third kappa shape index (κ3) is 4.88. The van der Waals surface area contributed by atoms with E-state index in [0.717, 1.165) is 28.2 Å². The lowest BCUT2D eigenvalue weighted by atomic mass is 10.1. The molecule has 0 unspecified atom stereocenters. The summed E-state index contributed by atoms with van der Waals surface area (Å²) in [6.45, 7) is 7.63. The maximum absolute atomic E-state index is 13.5. The van der Waals surface area contributed by atoms with Crippen LogP contribution in [0.4, 0.5) is 21.5 Å². The van der Waals surface area contributed by atoms with E-state index in [1.807, 2.05) is 56.0 Å². The fraction of sp³-hybridized carbons (Fsp3) is 0.148. The minimum absolute atomic E-state index is 0.235. The fourth-order valence-electron chi connectivity index (χ4n) is 3.57. The Morgan fingerprint density at radius 3 is 2.35 bits per heavy atom. The van der Waals surface area contributed by atoms with Crippen LogP contribution in [0.1, 0.15) is 35.7 Å². The SMILES string of the molecule is C/C=C(/C)N(c1ccc(F)cc1)c1cc(C(=O)Nc2ccc(-c3noc(C)n3)cc2)ccc1C. The van der Waals surface area contributed by atoms with E-state index in [1.54, 1.807) is 37.3 Å². The van der Waals surface area contributed by atoms with Gasteiger partial charge in [0.2, 0.25) is 11.7 Å². The Morgan fingerprint density at radius 1 is 1.03 bits per heavy atom. The summed E-state index contributed by atoms with van der Waals surface area (Å²) >= 11 is 0. The second kappa shape index (κ2) is 9.70. The van der Waals surface area contributed by atoms with E-state index >= 15 is 0 Å². The summed E-state index contributed by atoms with van der Waals surface area (Å²) < 4.78 is 18.5. The first-order chi connectivity index (χ1) is 16.4. The first-order valence-corrected chi connectivity index (χ1v) is 10.9. The number of allylic oxidation sites excluding steroid dienone is 2. The number of halogens is 1. The van der Waals surface area contributed by atoms with Gasteiger partial charge in [0.1, 0.15) is 5.82 Å². The number of benzene rings is 3. The van der Waals surface area contributed by atoms with Crippen molar-refractivity contribution in [3.63, 3.8) is 0 Å². The summed E-state index contributed by atoms with van der Waals surface area (Å²) in [6, 6.07) is 19.1. The molecule has 4 rings (SSSR count). The largest absolute Gasteiger partial charge is 0.339 e. The lowest BCUT2D eigenvalue weighted by molar-refractivity contribution is 0.102. The van der Waals surface area contributed by atoms with Crippen molar-refractivity contribution in [3.05, 3.63) is 101 Å². The van der Waals surface area contributed by atoms with Gasteiger partial charge in [-0.15, -0.1) is 0 Å². The predicted octanol–water partition coefficient (Wildman–Crippen LogP) is 6.81. The molecule has 0 saturated heterocycles. The Hall–Kier alpha value is -4.26. The molecular weight excluding hydrogens is 431 g/mol. The minimum Gasteiger partial charge on any atom is -0.339 e. The average molecular weight is 457 g/mol. The number of carbonyl (C=O) groups excluding carboxylic acids is 1. The summed E-state index contributed by atoms with van der Waals surface area (Å²) in [5, 5.41) is 6.84. The summed E-state index contributed by atoms with van der Waals surface area (Å²) in [5.74, 6) is 0.456. The highest BCUT2D eigenvalue weighted by Crippen LogP contribution is 2.33. The monoisotopic (exact) mass is 456 g/mol. The molecular formula is C27H25FN4O2. The third-order valence-corrected chi connectivity index (χ3v) is 5.50. The number of rotatable bonds is 6. The zero-order chi connectivity index (χ0) is 24.2. The number of amides is 1. The topological polar surface area (TPSA) is 71.3 Å². The van der Waals surface area contributed by atoms with E-state index in [2.05, 4.69) is 15.5 Å². The van der Waals surface area contributed by atoms with Crippen LogP contribution in [0.3, 0.4) is 0 Å². The van der Waals surface area contributed by atoms with E-state index in [9.17, 15) is 9.18 Å². The third-order valence-electron chi connectivity index (χ3n) is 5.50. The van der Waals surface area contributed by atoms with Crippen LogP contribution in [0.25, 0.3) is 11.4 Å². The van der Waals surface area contributed by atoms with Crippen molar-refractivity contribution in [1.82, 2.24) is 10.1 Å². The number of anilines is 3. The summed E-state index contributed by atoms with van der Waals surface area (Å²) in [4.78, 5) is 19.3. The lowest BCUT2D eigenvalue weighted by Gasteiger charge is -2.28. The van der Waals surface area contributed by atoms with Crippen LogP contribution in [0, 0.1) is 19.7 Å². The molecule has 1 aromatic heterocycles. The van der Waals surface area contributed by atoms with Crippen molar-refractivity contribution in [1.29, 1.82) is 0 Å². The molecule has 0 aliphatic heterocycles. The highest BCUT2D eigenvalue weighted by molar-refractivity contribution is 6.05. The standard InChI is InChI=1S/C27H25FN4O2/c1-5-18(3)32(24-14-10-22(28)11-15-24)25-16-21(7-6-17(25)2)27(33)30-23-12-8-20(9-13-23)26-29-19(4)34-31-26/h5-16H,1-4H3,(H,30,33)/b18-5-. The molecule has 1 heterocycles. The van der Waals surface area contributed by atoms with Crippen molar-refractivity contribution in [2.75, 3.05) is 10.2 Å². The number of carbonyl (C=O) groups is 1. The van der Waals surface area contributed by atoms with E-state index in [1.165, 1.54) is 12.1 Å². The Kier molecular flexibility index (Phi) is 6.54. The molecule has 0 spiro atoms. The predicted molar refractivity (Wildman–Crippen MR) is 132 cm³/mol. The molecule has 1 amide bonds. The van der Waals surface area contributed by atoms with Crippen LogP contribution in [-0.4, -0.2) is 16.0 Å². The Bertz CT molecular complexity index is 1340. The maximum Gasteiger partial charge on any atom is 0.255 e.